The van der Waals surface area contributed by atoms with Gasteiger partial charge in [-0.25, -0.2) is 0 Å². The van der Waals surface area contributed by atoms with Gasteiger partial charge in [0.1, 0.15) is 24.4 Å². The van der Waals surface area contributed by atoms with Crippen LogP contribution in [0, 0.1) is 5.92 Å². The minimum atomic E-state index is -1.32. The van der Waals surface area contributed by atoms with Gasteiger partial charge in [0, 0.05) is 11.1 Å². The first-order chi connectivity index (χ1) is 19.4. The fourth-order valence-corrected chi connectivity index (χ4v) is 4.31. The van der Waals surface area contributed by atoms with E-state index in [1.807, 2.05) is 60.7 Å². The summed E-state index contributed by atoms with van der Waals surface area (Å²) >= 11 is 0. The van der Waals surface area contributed by atoms with E-state index in [0.717, 1.165) is 11.1 Å². The summed E-state index contributed by atoms with van der Waals surface area (Å²) in [6.45, 7) is 0.393. The Labute approximate surface area is 231 Å². The van der Waals surface area contributed by atoms with Crippen LogP contribution in [0.3, 0.4) is 0 Å². The van der Waals surface area contributed by atoms with Crippen LogP contribution >= 0.6 is 0 Å². The monoisotopic (exact) mass is 562 g/mol. The Bertz CT molecular complexity index is 1050. The van der Waals surface area contributed by atoms with Gasteiger partial charge in [-0.2, -0.15) is 0 Å². The molecule has 218 valence electrons. The molecule has 0 saturated carbocycles. The zero-order chi connectivity index (χ0) is 28.5. The maximum Gasteiger partial charge on any atom is 0.325 e. The molecule has 2 aromatic rings. The van der Waals surface area contributed by atoms with E-state index in [-0.39, 0.29) is 32.5 Å². The van der Waals surface area contributed by atoms with E-state index < -0.39 is 55.0 Å². The van der Waals surface area contributed by atoms with Crippen LogP contribution in [0.1, 0.15) is 23.7 Å². The van der Waals surface area contributed by atoms with Crippen LogP contribution in [0.5, 0.6) is 0 Å². The summed E-state index contributed by atoms with van der Waals surface area (Å²) in [5, 5.41) is 18.4. The van der Waals surface area contributed by atoms with Gasteiger partial charge < -0.3 is 48.1 Å². The highest BCUT2D eigenvalue weighted by Gasteiger charge is 2.46. The van der Waals surface area contributed by atoms with Gasteiger partial charge in [0.2, 0.25) is 5.92 Å². The van der Waals surface area contributed by atoms with Crippen molar-refractivity contribution in [3.63, 3.8) is 0 Å². The summed E-state index contributed by atoms with van der Waals surface area (Å²) in [4.78, 5) is 23.7. The Hall–Kier alpha value is -2.94. The maximum absolute atomic E-state index is 11.9. The van der Waals surface area contributed by atoms with Gasteiger partial charge in [0.25, 0.3) is 0 Å². The molecule has 5 rings (SSSR count). The van der Waals surface area contributed by atoms with Gasteiger partial charge in [-0.15, -0.1) is 0 Å². The van der Waals surface area contributed by atoms with Crippen LogP contribution in [-0.4, -0.2) is 93.5 Å². The first-order valence-electron chi connectivity index (χ1n) is 12.8. The van der Waals surface area contributed by atoms with Crippen molar-refractivity contribution in [1.82, 2.24) is 0 Å². The molecule has 12 nitrogen and oxygen atoms in total. The van der Waals surface area contributed by atoms with Crippen molar-refractivity contribution in [2.24, 2.45) is 5.92 Å². The molecule has 12 heteroatoms. The summed E-state index contributed by atoms with van der Waals surface area (Å²) in [7, 11) is 2.36. The van der Waals surface area contributed by atoms with Gasteiger partial charge in [0.15, 0.2) is 18.9 Å². The minimum Gasteiger partial charge on any atom is -0.468 e. The number of rotatable bonds is 6. The van der Waals surface area contributed by atoms with Crippen molar-refractivity contribution in [2.45, 2.75) is 43.3 Å². The van der Waals surface area contributed by atoms with Crippen molar-refractivity contribution in [3.05, 3.63) is 71.8 Å². The minimum absolute atomic E-state index is 0.159. The largest absolute Gasteiger partial charge is 0.468 e. The average Bonchev–Trinajstić information content (AvgIpc) is 3.02. The summed E-state index contributed by atoms with van der Waals surface area (Å²) in [5.74, 6) is -2.88. The predicted molar refractivity (Wildman–Crippen MR) is 135 cm³/mol. The van der Waals surface area contributed by atoms with Crippen LogP contribution in [0.4, 0.5) is 0 Å². The number of fused-ring (bicyclic) bond motifs is 1. The molecule has 2 aromatic carbocycles. The average molecular weight is 563 g/mol. The van der Waals surface area contributed by atoms with Crippen molar-refractivity contribution < 1.29 is 57.7 Å². The molecule has 0 aliphatic carbocycles. The topological polar surface area (TPSA) is 148 Å². The van der Waals surface area contributed by atoms with Crippen molar-refractivity contribution in [2.75, 3.05) is 40.6 Å². The number of aliphatic hydroxyl groups is 2. The highest BCUT2D eigenvalue weighted by atomic mass is 16.8. The van der Waals surface area contributed by atoms with E-state index >= 15 is 0 Å². The highest BCUT2D eigenvalue weighted by molar-refractivity contribution is 5.95. The smallest absolute Gasteiger partial charge is 0.325 e. The van der Waals surface area contributed by atoms with Gasteiger partial charge in [-0.3, -0.25) is 9.59 Å². The first-order valence-corrected chi connectivity index (χ1v) is 12.8. The van der Waals surface area contributed by atoms with Gasteiger partial charge in [-0.05, 0) is 0 Å². The fourth-order valence-electron chi connectivity index (χ4n) is 4.31. The number of aliphatic hydroxyl groups excluding tert-OH is 2. The third-order valence-electron chi connectivity index (χ3n) is 6.51. The van der Waals surface area contributed by atoms with E-state index in [0.29, 0.717) is 0 Å². The Morgan fingerprint density at radius 2 is 1.27 bits per heavy atom. The van der Waals surface area contributed by atoms with Crippen LogP contribution in [0.15, 0.2) is 60.7 Å². The molecule has 3 heterocycles. The lowest BCUT2D eigenvalue weighted by molar-refractivity contribution is -0.345. The first kappa shape index (κ1) is 30.0. The zero-order valence-electron chi connectivity index (χ0n) is 22.2. The maximum atomic E-state index is 11.9. The van der Waals surface area contributed by atoms with E-state index in [1.54, 1.807) is 0 Å². The number of benzene rings is 2. The number of hydrogen-bond acceptors (Lipinski definition) is 12. The number of hydrogen-bond donors (Lipinski definition) is 2. The molecular formula is C28H34O12. The molecule has 3 fully saturated rings. The van der Waals surface area contributed by atoms with Crippen LogP contribution in [-0.2, 0) is 47.5 Å². The second kappa shape index (κ2) is 14.6. The second-order valence-electron chi connectivity index (χ2n) is 9.15. The van der Waals surface area contributed by atoms with E-state index in [2.05, 4.69) is 9.47 Å². The molecule has 0 spiro atoms. The normalized spacial score (nSPS) is 29.9. The highest BCUT2D eigenvalue weighted by Crippen LogP contribution is 2.32. The lowest BCUT2D eigenvalue weighted by atomic mass is 10.1. The van der Waals surface area contributed by atoms with Gasteiger partial charge >= 0.3 is 11.9 Å². The third-order valence-corrected chi connectivity index (χ3v) is 6.51. The molecule has 0 radical (unpaired) electrons. The molecule has 3 unspecified atom stereocenters. The number of methoxy groups -OCH3 is 2. The third kappa shape index (κ3) is 7.42. The number of ether oxygens (including phenoxy) is 8. The summed E-state index contributed by atoms with van der Waals surface area (Å²) < 4.78 is 42.8. The fraction of sp³-hybridized carbons (Fsp3) is 0.500. The zero-order valence-corrected chi connectivity index (χ0v) is 22.2. The number of esters is 2. The SMILES string of the molecule is COC(=O)C(C(=O)OC)C1OC[C@@H]2OC(c3ccccc3)OC[C@H]2O1.OC[C@@H]1OC(c2ccccc2)OC[C@H]1O. The number of carbonyl (C=O) groups excluding carboxylic acids is 2. The lowest BCUT2D eigenvalue weighted by Crippen LogP contribution is -2.55. The Morgan fingerprint density at radius 3 is 1.82 bits per heavy atom. The Morgan fingerprint density at radius 1 is 0.775 bits per heavy atom. The predicted octanol–water partition coefficient (Wildman–Crippen LogP) is 1.26. The Balaban J connectivity index is 0.000000210. The van der Waals surface area contributed by atoms with Crippen molar-refractivity contribution in [3.8, 4) is 0 Å². The second-order valence-corrected chi connectivity index (χ2v) is 9.15. The molecule has 7 atom stereocenters. The summed E-state index contributed by atoms with van der Waals surface area (Å²) in [6, 6.07) is 19.0. The Kier molecular flexibility index (Phi) is 11.0. The summed E-state index contributed by atoms with van der Waals surface area (Å²) in [6.07, 6.45) is -4.27. The molecule has 3 aliphatic heterocycles. The quantitative estimate of drug-likeness (QED) is 0.386. The molecule has 40 heavy (non-hydrogen) atoms. The molecule has 3 saturated heterocycles. The molecule has 3 aliphatic rings. The van der Waals surface area contributed by atoms with Crippen LogP contribution < -0.4 is 0 Å². The van der Waals surface area contributed by atoms with Crippen LogP contribution in [0.25, 0.3) is 0 Å². The molecule has 2 N–H and O–H groups in total. The molecular weight excluding hydrogens is 528 g/mol. The van der Waals surface area contributed by atoms with E-state index in [9.17, 15) is 14.7 Å². The molecule has 0 amide bonds. The van der Waals surface area contributed by atoms with Crippen molar-refractivity contribution >= 4 is 11.9 Å². The van der Waals surface area contributed by atoms with E-state index in [1.165, 1.54) is 14.2 Å². The van der Waals surface area contributed by atoms with Crippen molar-refractivity contribution in [1.29, 1.82) is 0 Å². The number of carbonyl (C=O) groups is 2. The van der Waals surface area contributed by atoms with Crippen LogP contribution in [0.2, 0.25) is 0 Å². The van der Waals surface area contributed by atoms with Gasteiger partial charge in [-0.1, -0.05) is 60.7 Å². The molecule has 0 bridgehead atoms. The van der Waals surface area contributed by atoms with Gasteiger partial charge in [0.05, 0.1) is 40.6 Å². The summed E-state index contributed by atoms with van der Waals surface area (Å²) in [5.41, 5.74) is 1.79. The molecule has 0 aromatic heterocycles. The van der Waals surface area contributed by atoms with E-state index in [4.69, 9.17) is 33.5 Å². The standard InChI is InChI=1S/C17H20O8.C11H14O4/c1-20-14(18)13(15(19)21-2)17-23-9-11-12(25-17)8-22-16(24-11)10-6-4-3-5-7-10;12-6-10-9(13)7-14-11(15-10)8-4-2-1-3-5-8/h3-7,11-13,16-17H,8-9H2,1-2H3;1-5,9-13H,6-7H2/t11-,12+,16?,17?;9-,10+,11?/m01/s1. The lowest BCUT2D eigenvalue weighted by Gasteiger charge is -2.42.